The van der Waals surface area contributed by atoms with Crippen molar-refractivity contribution in [3.05, 3.63) is 27.9 Å². The number of nitrogens with one attached hydrogen (secondary N) is 1. The summed E-state index contributed by atoms with van der Waals surface area (Å²) in [6.45, 7) is 1.48. The van der Waals surface area contributed by atoms with Crippen LogP contribution in [0.25, 0.3) is 0 Å². The number of hydrogen-bond acceptors (Lipinski definition) is 4. The van der Waals surface area contributed by atoms with Gasteiger partial charge in [-0.05, 0) is 19.8 Å². The zero-order valence-electron chi connectivity index (χ0n) is 14.6. The minimum absolute atomic E-state index is 0.0992. The molecule has 1 amide bonds. The second-order valence-corrected chi connectivity index (χ2v) is 8.24. The molecular weight excluding hydrogens is 371 g/mol. The molecule has 1 heterocycles. The first-order valence-electron chi connectivity index (χ1n) is 8.41. The fourth-order valence-corrected chi connectivity index (χ4v) is 4.08. The molecular formula is C16H22F3N3O3S. The van der Waals surface area contributed by atoms with Gasteiger partial charge in [0.15, 0.2) is 5.69 Å². The predicted molar refractivity (Wildman–Crippen MR) is 90.8 cm³/mol. The van der Waals surface area contributed by atoms with E-state index >= 15 is 0 Å². The Bertz CT molecular complexity index is 729. The topological polar surface area (TPSA) is 83.1 Å². The van der Waals surface area contributed by atoms with E-state index in [4.69, 9.17) is 0 Å². The van der Waals surface area contributed by atoms with Crippen LogP contribution in [0.4, 0.5) is 13.2 Å². The number of H-pyrrole nitrogens is 1. The molecule has 10 heteroatoms. The number of amides is 1. The quantitative estimate of drug-likeness (QED) is 0.832. The van der Waals surface area contributed by atoms with Crippen LogP contribution in [0.5, 0.6) is 0 Å². The number of carbonyl (C=O) groups is 1. The van der Waals surface area contributed by atoms with Gasteiger partial charge in [-0.25, -0.2) is 4.98 Å². The zero-order valence-corrected chi connectivity index (χ0v) is 15.5. The Labute approximate surface area is 151 Å². The summed E-state index contributed by atoms with van der Waals surface area (Å²) >= 11 is 0. The van der Waals surface area contributed by atoms with Gasteiger partial charge in [-0.2, -0.15) is 13.2 Å². The van der Waals surface area contributed by atoms with E-state index in [2.05, 4.69) is 9.97 Å². The van der Waals surface area contributed by atoms with Gasteiger partial charge in [0.1, 0.15) is 11.1 Å². The molecule has 2 rings (SSSR count). The first kappa shape index (κ1) is 20.6. The van der Waals surface area contributed by atoms with Gasteiger partial charge in [-0.3, -0.25) is 13.8 Å². The van der Waals surface area contributed by atoms with Crippen molar-refractivity contribution >= 4 is 16.7 Å². The van der Waals surface area contributed by atoms with Gasteiger partial charge in [-0.15, -0.1) is 0 Å². The van der Waals surface area contributed by atoms with E-state index in [1.54, 1.807) is 11.9 Å². The molecule has 1 N–H and O–H groups in total. The van der Waals surface area contributed by atoms with Gasteiger partial charge in [0, 0.05) is 30.0 Å². The van der Waals surface area contributed by atoms with Crippen molar-refractivity contribution in [1.82, 2.24) is 14.9 Å². The Morgan fingerprint density at radius 3 is 2.58 bits per heavy atom. The van der Waals surface area contributed by atoms with Gasteiger partial charge in [0.25, 0.3) is 5.56 Å². The van der Waals surface area contributed by atoms with E-state index in [0.717, 1.165) is 32.1 Å². The minimum atomic E-state index is -4.77. The second kappa shape index (κ2) is 8.32. The second-order valence-electron chi connectivity index (χ2n) is 6.48. The van der Waals surface area contributed by atoms with Crippen LogP contribution in [0.15, 0.2) is 10.9 Å². The van der Waals surface area contributed by atoms with Crippen LogP contribution < -0.4 is 5.56 Å². The molecule has 1 saturated carbocycles. The van der Waals surface area contributed by atoms with E-state index < -0.39 is 39.2 Å². The highest BCUT2D eigenvalue weighted by Crippen LogP contribution is 2.26. The average molecular weight is 393 g/mol. The molecule has 146 valence electrons. The Morgan fingerprint density at radius 1 is 1.38 bits per heavy atom. The molecule has 0 unspecified atom stereocenters. The van der Waals surface area contributed by atoms with Crippen LogP contribution in [0.1, 0.15) is 50.5 Å². The number of nitrogens with zero attached hydrogens (tertiary/aromatic N) is 2. The zero-order chi connectivity index (χ0) is 19.5. The number of alkyl halides is 3. The fourth-order valence-electron chi connectivity index (χ4n) is 3.03. The van der Waals surface area contributed by atoms with E-state index in [-0.39, 0.29) is 17.8 Å². The lowest BCUT2D eigenvalue weighted by atomic mass is 9.94. The van der Waals surface area contributed by atoms with Gasteiger partial charge >= 0.3 is 6.18 Å². The van der Waals surface area contributed by atoms with Crippen molar-refractivity contribution in [3.8, 4) is 0 Å². The number of aromatic nitrogens is 2. The van der Waals surface area contributed by atoms with E-state index in [1.165, 1.54) is 6.92 Å². The van der Waals surface area contributed by atoms with Crippen molar-refractivity contribution in [2.45, 2.75) is 62.2 Å². The molecule has 0 saturated heterocycles. The predicted octanol–water partition coefficient (Wildman–Crippen LogP) is 2.22. The van der Waals surface area contributed by atoms with Crippen LogP contribution in [0.3, 0.4) is 0 Å². The van der Waals surface area contributed by atoms with E-state index in [0.29, 0.717) is 6.07 Å². The Morgan fingerprint density at radius 2 is 2.00 bits per heavy atom. The standard InChI is InChI=1S/C16H22F3N3O3S/c1-10(15(24)22(2)11-6-4-3-5-7-11)26(25)9-13-20-12(16(17,18)19)8-14(23)21-13/h8,10-11H,3-7,9H2,1-2H3,(H,20,21,23)/t10-,26+/m1/s1. The Balaban J connectivity index is 2.08. The molecule has 1 aliphatic carbocycles. The molecule has 6 nitrogen and oxygen atoms in total. The van der Waals surface area contributed by atoms with Gasteiger partial charge in [-0.1, -0.05) is 19.3 Å². The number of hydrogen-bond donors (Lipinski definition) is 1. The lowest BCUT2D eigenvalue weighted by molar-refractivity contribution is -0.141. The largest absolute Gasteiger partial charge is 0.433 e. The summed E-state index contributed by atoms with van der Waals surface area (Å²) in [5, 5.41) is -0.901. The normalized spacial score (nSPS) is 18.3. The molecule has 2 atom stereocenters. The van der Waals surface area contributed by atoms with Crippen LogP contribution in [0.2, 0.25) is 0 Å². The molecule has 1 aliphatic rings. The maximum atomic E-state index is 12.7. The smallest absolute Gasteiger partial charge is 0.342 e. The first-order valence-corrected chi connectivity index (χ1v) is 9.79. The van der Waals surface area contributed by atoms with Crippen molar-refractivity contribution in [2.24, 2.45) is 0 Å². The third kappa shape index (κ3) is 5.15. The monoisotopic (exact) mass is 393 g/mol. The SMILES string of the molecule is C[C@H](C(=O)N(C)C1CCCCC1)[S@@](=O)Cc1nc(C(F)(F)F)cc(=O)[nH]1. The molecule has 26 heavy (non-hydrogen) atoms. The van der Waals surface area contributed by atoms with Crippen molar-refractivity contribution in [3.63, 3.8) is 0 Å². The lowest BCUT2D eigenvalue weighted by Crippen LogP contribution is -2.44. The lowest BCUT2D eigenvalue weighted by Gasteiger charge is -2.32. The highest BCUT2D eigenvalue weighted by atomic mass is 32.2. The molecule has 0 aromatic carbocycles. The molecule has 0 radical (unpaired) electrons. The maximum Gasteiger partial charge on any atom is 0.433 e. The summed E-state index contributed by atoms with van der Waals surface area (Å²) in [5.41, 5.74) is -2.32. The van der Waals surface area contributed by atoms with Crippen LogP contribution >= 0.6 is 0 Å². The summed E-state index contributed by atoms with van der Waals surface area (Å²) in [4.78, 5) is 31.0. The summed E-state index contributed by atoms with van der Waals surface area (Å²) in [6.07, 6.45) is 0.222. The van der Waals surface area contributed by atoms with E-state index in [1.807, 2.05) is 0 Å². The molecule has 1 aromatic rings. The first-order chi connectivity index (χ1) is 12.1. The fraction of sp³-hybridized carbons (Fsp3) is 0.688. The molecule has 1 aromatic heterocycles. The van der Waals surface area contributed by atoms with Gasteiger partial charge < -0.3 is 9.88 Å². The molecule has 0 bridgehead atoms. The molecule has 0 aliphatic heterocycles. The molecule has 1 fully saturated rings. The van der Waals surface area contributed by atoms with Gasteiger partial charge in [0.05, 0.1) is 5.75 Å². The van der Waals surface area contributed by atoms with Crippen molar-refractivity contribution in [2.75, 3.05) is 7.05 Å². The number of rotatable bonds is 5. The number of halogens is 3. The number of carbonyl (C=O) groups excluding carboxylic acids is 1. The summed E-state index contributed by atoms with van der Waals surface area (Å²) < 4.78 is 50.6. The van der Waals surface area contributed by atoms with Gasteiger partial charge in [0.2, 0.25) is 5.91 Å². The third-order valence-electron chi connectivity index (χ3n) is 4.57. The molecule has 0 spiro atoms. The van der Waals surface area contributed by atoms with Crippen LogP contribution in [-0.4, -0.2) is 43.3 Å². The summed E-state index contributed by atoms with van der Waals surface area (Å²) in [6, 6.07) is 0.444. The summed E-state index contributed by atoms with van der Waals surface area (Å²) in [5.74, 6) is -1.09. The Hall–Kier alpha value is -1.71. The highest BCUT2D eigenvalue weighted by Gasteiger charge is 2.34. The van der Waals surface area contributed by atoms with Crippen molar-refractivity contribution < 1.29 is 22.2 Å². The van der Waals surface area contributed by atoms with Crippen LogP contribution in [0, 0.1) is 0 Å². The van der Waals surface area contributed by atoms with Crippen molar-refractivity contribution in [1.29, 1.82) is 0 Å². The number of aromatic amines is 1. The third-order valence-corrected chi connectivity index (χ3v) is 6.12. The summed E-state index contributed by atoms with van der Waals surface area (Å²) in [7, 11) is -0.142. The average Bonchev–Trinajstić information content (AvgIpc) is 2.59. The highest BCUT2D eigenvalue weighted by molar-refractivity contribution is 7.85. The maximum absolute atomic E-state index is 12.7. The minimum Gasteiger partial charge on any atom is -0.342 e. The Kier molecular flexibility index (Phi) is 6.59. The van der Waals surface area contributed by atoms with E-state index in [9.17, 15) is 27.0 Å². The van der Waals surface area contributed by atoms with Crippen LogP contribution in [-0.2, 0) is 27.5 Å².